The van der Waals surface area contributed by atoms with Gasteiger partial charge in [0.15, 0.2) is 0 Å². The van der Waals surface area contributed by atoms with Crippen molar-refractivity contribution in [3.8, 4) is 0 Å². The molecule has 0 bridgehead atoms. The Morgan fingerprint density at radius 1 is 1.00 bits per heavy atom. The zero-order valence-electron chi connectivity index (χ0n) is 11.5. The summed E-state index contributed by atoms with van der Waals surface area (Å²) < 4.78 is 0. The van der Waals surface area contributed by atoms with E-state index in [1.807, 2.05) is 0 Å². The van der Waals surface area contributed by atoms with Crippen LogP contribution in [0.3, 0.4) is 0 Å². The SMILES string of the molecule is CC1CCC(NCC2CCCCC2O)CC1C. The van der Waals surface area contributed by atoms with Crippen molar-refractivity contribution in [1.82, 2.24) is 5.32 Å². The van der Waals surface area contributed by atoms with E-state index in [1.54, 1.807) is 0 Å². The summed E-state index contributed by atoms with van der Waals surface area (Å²) in [7, 11) is 0. The Labute approximate surface area is 106 Å². The molecule has 2 rings (SSSR count). The van der Waals surface area contributed by atoms with E-state index >= 15 is 0 Å². The van der Waals surface area contributed by atoms with Gasteiger partial charge in [-0.2, -0.15) is 0 Å². The second-order valence-corrected chi connectivity index (χ2v) is 6.48. The van der Waals surface area contributed by atoms with Crippen molar-refractivity contribution in [2.24, 2.45) is 17.8 Å². The highest BCUT2D eigenvalue weighted by Gasteiger charge is 2.27. The molecule has 2 nitrogen and oxygen atoms in total. The summed E-state index contributed by atoms with van der Waals surface area (Å²) in [6.45, 7) is 5.80. The molecular formula is C15H29NO. The molecule has 0 spiro atoms. The van der Waals surface area contributed by atoms with Gasteiger partial charge in [0.1, 0.15) is 0 Å². The molecule has 100 valence electrons. The van der Waals surface area contributed by atoms with Crippen molar-refractivity contribution in [2.75, 3.05) is 6.54 Å². The van der Waals surface area contributed by atoms with Crippen molar-refractivity contribution in [1.29, 1.82) is 0 Å². The van der Waals surface area contributed by atoms with E-state index in [0.717, 1.165) is 24.8 Å². The molecule has 2 heteroatoms. The summed E-state index contributed by atoms with van der Waals surface area (Å²) in [5, 5.41) is 13.7. The fourth-order valence-electron chi connectivity index (χ4n) is 3.48. The number of aliphatic hydroxyl groups excluding tert-OH is 1. The van der Waals surface area contributed by atoms with Crippen molar-refractivity contribution in [3.63, 3.8) is 0 Å². The van der Waals surface area contributed by atoms with Crippen LogP contribution in [0.15, 0.2) is 0 Å². The zero-order valence-corrected chi connectivity index (χ0v) is 11.5. The normalized spacial score (nSPS) is 43.6. The predicted octanol–water partition coefficient (Wildman–Crippen LogP) is 2.95. The monoisotopic (exact) mass is 239 g/mol. The molecule has 2 N–H and O–H groups in total. The average molecular weight is 239 g/mol. The third kappa shape index (κ3) is 3.69. The van der Waals surface area contributed by atoms with Crippen molar-refractivity contribution >= 4 is 0 Å². The van der Waals surface area contributed by atoms with Gasteiger partial charge in [0, 0.05) is 12.6 Å². The van der Waals surface area contributed by atoms with Crippen LogP contribution in [0.2, 0.25) is 0 Å². The van der Waals surface area contributed by atoms with Crippen LogP contribution in [0.5, 0.6) is 0 Å². The Morgan fingerprint density at radius 2 is 1.76 bits per heavy atom. The molecule has 2 fully saturated rings. The maximum absolute atomic E-state index is 9.95. The molecule has 0 aromatic heterocycles. The molecule has 0 aromatic carbocycles. The standard InChI is InChI=1S/C15H29NO/c1-11-7-8-14(9-12(11)2)16-10-13-5-3-4-6-15(13)17/h11-17H,3-10H2,1-2H3. The van der Waals surface area contributed by atoms with Crippen LogP contribution in [-0.4, -0.2) is 23.8 Å². The largest absolute Gasteiger partial charge is 0.393 e. The van der Waals surface area contributed by atoms with Crippen LogP contribution >= 0.6 is 0 Å². The lowest BCUT2D eigenvalue weighted by Crippen LogP contribution is -2.41. The molecule has 5 unspecified atom stereocenters. The zero-order chi connectivity index (χ0) is 12.3. The Morgan fingerprint density at radius 3 is 2.47 bits per heavy atom. The first-order valence-electron chi connectivity index (χ1n) is 7.58. The van der Waals surface area contributed by atoms with Gasteiger partial charge in [-0.15, -0.1) is 0 Å². The highest BCUT2D eigenvalue weighted by atomic mass is 16.3. The van der Waals surface area contributed by atoms with Crippen LogP contribution in [0.4, 0.5) is 0 Å². The van der Waals surface area contributed by atoms with Crippen LogP contribution in [-0.2, 0) is 0 Å². The maximum atomic E-state index is 9.95. The average Bonchev–Trinajstić information content (AvgIpc) is 2.32. The van der Waals surface area contributed by atoms with Crippen LogP contribution in [0.1, 0.15) is 58.8 Å². The highest BCUT2D eigenvalue weighted by Crippen LogP contribution is 2.30. The Bertz CT molecular complexity index is 231. The minimum Gasteiger partial charge on any atom is -0.393 e. The lowest BCUT2D eigenvalue weighted by Gasteiger charge is -2.35. The number of hydrogen-bond donors (Lipinski definition) is 2. The molecule has 0 aliphatic heterocycles. The smallest absolute Gasteiger partial charge is 0.0580 e. The van der Waals surface area contributed by atoms with Crippen LogP contribution in [0, 0.1) is 17.8 Å². The van der Waals surface area contributed by atoms with E-state index in [0.29, 0.717) is 12.0 Å². The first-order valence-corrected chi connectivity index (χ1v) is 7.58. The van der Waals surface area contributed by atoms with Gasteiger partial charge in [-0.1, -0.05) is 26.7 Å². The molecular weight excluding hydrogens is 210 g/mol. The first-order chi connectivity index (χ1) is 8.16. The Hall–Kier alpha value is -0.0800. The van der Waals surface area contributed by atoms with E-state index in [-0.39, 0.29) is 6.10 Å². The molecule has 17 heavy (non-hydrogen) atoms. The van der Waals surface area contributed by atoms with Crippen molar-refractivity contribution < 1.29 is 5.11 Å². The second kappa shape index (κ2) is 6.19. The van der Waals surface area contributed by atoms with E-state index in [2.05, 4.69) is 19.2 Å². The molecule has 0 heterocycles. The minimum absolute atomic E-state index is 0.0452. The molecule has 0 amide bonds. The fourth-order valence-corrected chi connectivity index (χ4v) is 3.48. The summed E-state index contributed by atoms with van der Waals surface area (Å²) in [6, 6.07) is 0.704. The summed E-state index contributed by atoms with van der Waals surface area (Å²) in [5.74, 6) is 2.27. The van der Waals surface area contributed by atoms with Gasteiger partial charge in [0.2, 0.25) is 0 Å². The fraction of sp³-hybridized carbons (Fsp3) is 1.00. The molecule has 0 aromatic rings. The predicted molar refractivity (Wildman–Crippen MR) is 71.9 cm³/mol. The molecule has 2 aliphatic carbocycles. The number of aliphatic hydroxyl groups is 1. The summed E-state index contributed by atoms with van der Waals surface area (Å²) in [6.07, 6.45) is 8.73. The number of nitrogens with one attached hydrogen (secondary N) is 1. The quantitative estimate of drug-likeness (QED) is 0.793. The second-order valence-electron chi connectivity index (χ2n) is 6.48. The third-order valence-electron chi connectivity index (χ3n) is 5.14. The van der Waals surface area contributed by atoms with Gasteiger partial charge in [-0.05, 0) is 49.9 Å². The summed E-state index contributed by atoms with van der Waals surface area (Å²) in [5.41, 5.74) is 0. The van der Waals surface area contributed by atoms with E-state index in [9.17, 15) is 5.11 Å². The maximum Gasteiger partial charge on any atom is 0.0580 e. The van der Waals surface area contributed by atoms with Crippen molar-refractivity contribution in [3.05, 3.63) is 0 Å². The lowest BCUT2D eigenvalue weighted by atomic mass is 9.78. The summed E-state index contributed by atoms with van der Waals surface area (Å²) in [4.78, 5) is 0. The first kappa shape index (κ1) is 13.4. The third-order valence-corrected chi connectivity index (χ3v) is 5.14. The van der Waals surface area contributed by atoms with Gasteiger partial charge in [0.05, 0.1) is 6.10 Å². The lowest BCUT2D eigenvalue weighted by molar-refractivity contribution is 0.0659. The molecule has 2 aliphatic rings. The molecule has 0 saturated heterocycles. The van der Waals surface area contributed by atoms with E-state index < -0.39 is 0 Å². The summed E-state index contributed by atoms with van der Waals surface area (Å²) >= 11 is 0. The molecule has 5 atom stereocenters. The van der Waals surface area contributed by atoms with Crippen LogP contribution in [0.25, 0.3) is 0 Å². The topological polar surface area (TPSA) is 32.3 Å². The number of hydrogen-bond acceptors (Lipinski definition) is 2. The molecule has 2 saturated carbocycles. The van der Waals surface area contributed by atoms with Gasteiger partial charge in [-0.25, -0.2) is 0 Å². The van der Waals surface area contributed by atoms with Gasteiger partial charge in [0.25, 0.3) is 0 Å². The van der Waals surface area contributed by atoms with Gasteiger partial charge < -0.3 is 10.4 Å². The van der Waals surface area contributed by atoms with Gasteiger partial charge >= 0.3 is 0 Å². The number of rotatable bonds is 3. The van der Waals surface area contributed by atoms with Crippen LogP contribution < -0.4 is 5.32 Å². The Balaban J connectivity index is 1.71. The van der Waals surface area contributed by atoms with E-state index in [4.69, 9.17) is 0 Å². The van der Waals surface area contributed by atoms with Crippen molar-refractivity contribution in [2.45, 2.75) is 70.9 Å². The highest BCUT2D eigenvalue weighted by molar-refractivity contribution is 4.82. The van der Waals surface area contributed by atoms with E-state index in [1.165, 1.54) is 38.5 Å². The molecule has 0 radical (unpaired) electrons. The Kier molecular flexibility index (Phi) is 4.87. The van der Waals surface area contributed by atoms with Gasteiger partial charge in [-0.3, -0.25) is 0 Å². The minimum atomic E-state index is -0.0452.